The van der Waals surface area contributed by atoms with Gasteiger partial charge in [-0.1, -0.05) is 36.5 Å². The van der Waals surface area contributed by atoms with Crippen LogP contribution in [-0.4, -0.2) is 56.2 Å². The highest BCUT2D eigenvalue weighted by Crippen LogP contribution is 2.22. The molecular weight excluding hydrogens is 504 g/mol. The number of aromatic nitrogens is 2. The molecule has 40 heavy (non-hydrogen) atoms. The Balaban J connectivity index is 1.36. The zero-order chi connectivity index (χ0) is 28.6. The Bertz CT molecular complexity index is 1530. The third-order valence-corrected chi connectivity index (χ3v) is 9.06. The van der Waals surface area contributed by atoms with Crippen LogP contribution >= 0.6 is 0 Å². The minimum absolute atomic E-state index is 0.0223. The van der Waals surface area contributed by atoms with Gasteiger partial charge in [0, 0.05) is 24.2 Å². The lowest BCUT2D eigenvalue weighted by atomic mass is 9.98. The van der Waals surface area contributed by atoms with Crippen molar-refractivity contribution in [3.05, 3.63) is 53.5 Å². The molecule has 210 valence electrons. The molecule has 2 aliphatic rings. The third-order valence-electron chi connectivity index (χ3n) is 9.06. The lowest BCUT2D eigenvalue weighted by Crippen LogP contribution is -2.43. The molecule has 0 bridgehead atoms. The summed E-state index contributed by atoms with van der Waals surface area (Å²) in [5, 5.41) is 0.578. The predicted molar refractivity (Wildman–Crippen MR) is 159 cm³/mol. The van der Waals surface area contributed by atoms with Crippen LogP contribution in [0.5, 0.6) is 0 Å². The second-order valence-corrected chi connectivity index (χ2v) is 11.6. The van der Waals surface area contributed by atoms with Crippen LogP contribution in [-0.2, 0) is 13.1 Å². The summed E-state index contributed by atoms with van der Waals surface area (Å²) in [7, 11) is 0. The fourth-order valence-electron chi connectivity index (χ4n) is 6.50. The minimum atomic E-state index is -0.486. The molecular formula is C32H38N4O4. The van der Waals surface area contributed by atoms with Gasteiger partial charge in [0.1, 0.15) is 0 Å². The number of piperidine rings is 2. The monoisotopic (exact) mass is 542 g/mol. The maximum atomic E-state index is 13.1. The number of rotatable bonds is 4. The van der Waals surface area contributed by atoms with Gasteiger partial charge in [-0.3, -0.25) is 38.1 Å². The van der Waals surface area contributed by atoms with Gasteiger partial charge in [0.25, 0.3) is 22.2 Å². The van der Waals surface area contributed by atoms with Crippen molar-refractivity contribution < 1.29 is 0 Å². The number of hydrogen-bond acceptors (Lipinski definition) is 6. The first-order valence-corrected chi connectivity index (χ1v) is 14.5. The Morgan fingerprint density at radius 2 is 0.800 bits per heavy atom. The first-order chi connectivity index (χ1) is 19.2. The predicted octanol–water partition coefficient (Wildman–Crippen LogP) is 2.44. The molecule has 0 spiro atoms. The lowest BCUT2D eigenvalue weighted by molar-refractivity contribution is 0.121. The number of nitrogens with zero attached hydrogens (tertiary/aromatic N) is 4. The zero-order valence-electron chi connectivity index (χ0n) is 24.0. The molecule has 0 N–H and O–H groups in total. The lowest BCUT2D eigenvalue weighted by Gasteiger charge is -2.37. The molecule has 0 aliphatic carbocycles. The largest absolute Gasteiger partial charge is 0.287 e. The van der Waals surface area contributed by atoms with Gasteiger partial charge in [0.15, 0.2) is 0 Å². The first kappa shape index (κ1) is 28.1. The van der Waals surface area contributed by atoms with Crippen LogP contribution in [0.3, 0.4) is 0 Å². The molecule has 4 heterocycles. The first-order valence-electron chi connectivity index (χ1n) is 14.5. The molecule has 0 saturated carbocycles. The number of likely N-dealkylation sites (tertiary alicyclic amines) is 2. The van der Waals surface area contributed by atoms with Crippen LogP contribution in [0, 0.1) is 23.7 Å². The Hall–Kier alpha value is -3.46. The molecule has 0 amide bonds. The molecule has 2 aromatic heterocycles. The van der Waals surface area contributed by atoms with Crippen molar-refractivity contribution in [2.75, 3.05) is 13.1 Å². The molecule has 3 aromatic rings. The van der Waals surface area contributed by atoms with E-state index in [1.807, 2.05) is 0 Å². The van der Waals surface area contributed by atoms with Crippen LogP contribution in [0.15, 0.2) is 31.3 Å². The molecule has 8 heteroatoms. The quantitative estimate of drug-likeness (QED) is 0.471. The van der Waals surface area contributed by atoms with Crippen LogP contribution < -0.4 is 22.2 Å². The fraction of sp³-hybridized carbons (Fsp3) is 0.562. The molecule has 4 atom stereocenters. The SMILES string of the molecule is CC1CCCC(C)N1CC#CCn1c(=O)c2cc3c(=O)n(CC#CCN4C(C)CCCC4C)c(=O)c3cc2c1=O. The summed E-state index contributed by atoms with van der Waals surface area (Å²) >= 11 is 0. The van der Waals surface area contributed by atoms with Crippen LogP contribution in [0.25, 0.3) is 21.5 Å². The fourth-order valence-corrected chi connectivity index (χ4v) is 6.50. The minimum Gasteiger partial charge on any atom is -0.287 e. The molecule has 2 fully saturated rings. The van der Waals surface area contributed by atoms with E-state index in [0.29, 0.717) is 37.3 Å². The summed E-state index contributed by atoms with van der Waals surface area (Å²) in [6.07, 6.45) is 7.03. The molecule has 2 aliphatic heterocycles. The highest BCUT2D eigenvalue weighted by molar-refractivity contribution is 5.97. The molecule has 4 unspecified atom stereocenters. The van der Waals surface area contributed by atoms with E-state index in [2.05, 4.69) is 61.2 Å². The van der Waals surface area contributed by atoms with Crippen molar-refractivity contribution in [3.63, 3.8) is 0 Å². The second kappa shape index (κ2) is 11.6. The van der Waals surface area contributed by atoms with Gasteiger partial charge in [0.05, 0.1) is 47.7 Å². The maximum absolute atomic E-state index is 13.1. The van der Waals surface area contributed by atoms with Crippen molar-refractivity contribution >= 4 is 21.5 Å². The highest BCUT2D eigenvalue weighted by atomic mass is 16.2. The summed E-state index contributed by atoms with van der Waals surface area (Å²) in [5.74, 6) is 12.2. The molecule has 2 saturated heterocycles. The van der Waals surface area contributed by atoms with Crippen molar-refractivity contribution in [1.29, 1.82) is 0 Å². The summed E-state index contributed by atoms with van der Waals surface area (Å²) in [4.78, 5) is 57.0. The van der Waals surface area contributed by atoms with Crippen molar-refractivity contribution in [1.82, 2.24) is 18.9 Å². The number of benzene rings is 1. The van der Waals surface area contributed by atoms with Crippen molar-refractivity contribution in [2.24, 2.45) is 0 Å². The van der Waals surface area contributed by atoms with Gasteiger partial charge in [-0.05, 0) is 65.5 Å². The van der Waals surface area contributed by atoms with Gasteiger partial charge >= 0.3 is 0 Å². The zero-order valence-corrected chi connectivity index (χ0v) is 24.0. The van der Waals surface area contributed by atoms with Gasteiger partial charge in [-0.15, -0.1) is 0 Å². The van der Waals surface area contributed by atoms with E-state index >= 15 is 0 Å². The average molecular weight is 543 g/mol. The Kier molecular flexibility index (Phi) is 8.12. The van der Waals surface area contributed by atoms with Gasteiger partial charge in [-0.25, -0.2) is 0 Å². The van der Waals surface area contributed by atoms with Gasteiger partial charge in [-0.2, -0.15) is 0 Å². The van der Waals surface area contributed by atoms with Gasteiger partial charge in [0.2, 0.25) is 0 Å². The normalized spacial score (nSPS) is 24.1. The Morgan fingerprint density at radius 1 is 0.525 bits per heavy atom. The van der Waals surface area contributed by atoms with Crippen molar-refractivity contribution in [3.8, 4) is 23.7 Å². The van der Waals surface area contributed by atoms with E-state index in [9.17, 15) is 19.2 Å². The van der Waals surface area contributed by atoms with E-state index < -0.39 is 22.2 Å². The topological polar surface area (TPSA) is 84.6 Å². The smallest absolute Gasteiger partial charge is 0.262 e. The van der Waals surface area contributed by atoms with E-state index in [4.69, 9.17) is 0 Å². The van der Waals surface area contributed by atoms with Crippen LogP contribution in [0.1, 0.15) is 66.2 Å². The van der Waals surface area contributed by atoms with Crippen LogP contribution in [0.4, 0.5) is 0 Å². The summed E-state index contributed by atoms with van der Waals surface area (Å²) in [6, 6.07) is 4.62. The van der Waals surface area contributed by atoms with E-state index in [0.717, 1.165) is 34.8 Å². The van der Waals surface area contributed by atoms with E-state index in [-0.39, 0.29) is 34.6 Å². The Morgan fingerprint density at radius 3 is 1.10 bits per heavy atom. The highest BCUT2D eigenvalue weighted by Gasteiger charge is 2.24. The summed E-state index contributed by atoms with van der Waals surface area (Å²) < 4.78 is 2.19. The molecule has 1 aromatic carbocycles. The summed E-state index contributed by atoms with van der Waals surface area (Å²) in [6.45, 7) is 9.95. The second-order valence-electron chi connectivity index (χ2n) is 11.6. The van der Waals surface area contributed by atoms with Crippen LogP contribution in [0.2, 0.25) is 0 Å². The number of hydrogen-bond donors (Lipinski definition) is 0. The third kappa shape index (κ3) is 5.19. The van der Waals surface area contributed by atoms with Crippen molar-refractivity contribution in [2.45, 2.75) is 103 Å². The number of fused-ring (bicyclic) bond motifs is 2. The molecule has 5 rings (SSSR count). The van der Waals surface area contributed by atoms with E-state index in [1.165, 1.54) is 25.0 Å². The van der Waals surface area contributed by atoms with E-state index in [1.54, 1.807) is 0 Å². The average Bonchev–Trinajstić information content (AvgIpc) is 3.30. The maximum Gasteiger partial charge on any atom is 0.262 e. The molecule has 0 radical (unpaired) electrons. The standard InChI is InChI=1S/C32H38N4O4/c1-21-11-9-12-22(2)33(21)15-5-7-17-35-29(37)25-19-27-28(20-26(25)30(35)38)32(40)36(31(27)39)18-8-6-16-34-23(3)13-10-14-24(34)4/h19-24H,9-18H2,1-4H3. The Labute approximate surface area is 234 Å². The van der Waals surface area contributed by atoms with Gasteiger partial charge < -0.3 is 0 Å². The molecule has 8 nitrogen and oxygen atoms in total. The summed E-state index contributed by atoms with van der Waals surface area (Å²) in [5.41, 5.74) is -1.94.